The van der Waals surface area contributed by atoms with Gasteiger partial charge in [-0.3, -0.25) is 9.89 Å². The van der Waals surface area contributed by atoms with Gasteiger partial charge in [0.15, 0.2) is 5.96 Å². The summed E-state index contributed by atoms with van der Waals surface area (Å²) < 4.78 is 49.2. The van der Waals surface area contributed by atoms with Gasteiger partial charge in [0.1, 0.15) is 17.5 Å². The van der Waals surface area contributed by atoms with Gasteiger partial charge in [-0.1, -0.05) is 0 Å². The summed E-state index contributed by atoms with van der Waals surface area (Å²) in [4.78, 5) is 7.68. The van der Waals surface area contributed by atoms with Crippen LogP contribution in [0.3, 0.4) is 0 Å². The second-order valence-corrected chi connectivity index (χ2v) is 6.32. The summed E-state index contributed by atoms with van der Waals surface area (Å²) in [6.07, 6.45) is -4.20. The molecule has 0 aromatic heterocycles. The van der Waals surface area contributed by atoms with Crippen molar-refractivity contribution in [2.75, 3.05) is 47.4 Å². The molecule has 1 heterocycles. The molecule has 0 spiro atoms. The molecule has 1 aliphatic heterocycles. The van der Waals surface area contributed by atoms with Gasteiger partial charge < -0.3 is 19.7 Å². The number of benzene rings is 1. The molecule has 1 aromatic carbocycles. The Hall–Kier alpha value is -2.16. The monoisotopic (exact) mass is 388 g/mol. The van der Waals surface area contributed by atoms with Crippen LogP contribution in [0.5, 0.6) is 11.5 Å². The number of hydrogen-bond donors (Lipinski definition) is 1. The van der Waals surface area contributed by atoms with Crippen molar-refractivity contribution in [1.82, 2.24) is 15.1 Å². The Morgan fingerprint density at radius 1 is 1.19 bits per heavy atom. The average molecular weight is 388 g/mol. The molecule has 6 nitrogen and oxygen atoms in total. The van der Waals surface area contributed by atoms with Gasteiger partial charge in [0, 0.05) is 51.4 Å². The number of aliphatic imine (C=N–C) groups is 1. The van der Waals surface area contributed by atoms with Crippen LogP contribution in [0.15, 0.2) is 23.2 Å². The highest BCUT2D eigenvalue weighted by Crippen LogP contribution is 2.26. The van der Waals surface area contributed by atoms with Crippen LogP contribution < -0.4 is 14.8 Å². The van der Waals surface area contributed by atoms with E-state index in [9.17, 15) is 13.2 Å². The summed E-state index contributed by atoms with van der Waals surface area (Å²) in [5.41, 5.74) is 0.934. The first-order valence-corrected chi connectivity index (χ1v) is 8.77. The highest BCUT2D eigenvalue weighted by Gasteiger charge is 2.41. The van der Waals surface area contributed by atoms with E-state index in [1.165, 1.54) is 11.8 Å². The molecule has 0 bridgehead atoms. The number of nitrogens with one attached hydrogen (secondary N) is 1. The normalized spacial score (nSPS) is 17.6. The molecule has 2 rings (SSSR count). The lowest BCUT2D eigenvalue weighted by molar-refractivity contribution is -0.181. The quantitative estimate of drug-likeness (QED) is 0.620. The molecule has 1 N–H and O–H groups in total. The van der Waals surface area contributed by atoms with Gasteiger partial charge in [-0.25, -0.2) is 0 Å². The second-order valence-electron chi connectivity index (χ2n) is 6.32. The molecule has 0 aliphatic carbocycles. The van der Waals surface area contributed by atoms with Gasteiger partial charge in [-0.05, 0) is 19.1 Å². The highest BCUT2D eigenvalue weighted by molar-refractivity contribution is 5.80. The van der Waals surface area contributed by atoms with Gasteiger partial charge >= 0.3 is 6.18 Å². The smallest absolute Gasteiger partial charge is 0.403 e. The average Bonchev–Trinajstić information content (AvgIpc) is 2.67. The number of nitrogens with zero attached hydrogens (tertiary/aromatic N) is 3. The third-order valence-electron chi connectivity index (χ3n) is 4.78. The maximum absolute atomic E-state index is 12.9. The van der Waals surface area contributed by atoms with Crippen LogP contribution in [0.25, 0.3) is 0 Å². The summed E-state index contributed by atoms with van der Waals surface area (Å²) in [6, 6.07) is 4.12. The Morgan fingerprint density at radius 2 is 1.85 bits per heavy atom. The van der Waals surface area contributed by atoms with E-state index in [0.717, 1.165) is 5.56 Å². The predicted octanol–water partition coefficient (Wildman–Crippen LogP) is 2.35. The van der Waals surface area contributed by atoms with E-state index in [1.807, 2.05) is 17.0 Å². The molecule has 1 unspecified atom stereocenters. The zero-order chi connectivity index (χ0) is 20.0. The standard InChI is InChI=1S/C18H27F3N4O2/c1-13(18(19,20)21)24-7-9-25(10-8-24)17(22-2)23-12-14-5-6-15(26-3)11-16(14)27-4/h5-6,11,13H,7-10,12H2,1-4H3,(H,22,23). The fourth-order valence-corrected chi connectivity index (χ4v) is 3.03. The zero-order valence-electron chi connectivity index (χ0n) is 16.1. The van der Waals surface area contributed by atoms with Crippen molar-refractivity contribution in [3.63, 3.8) is 0 Å². The summed E-state index contributed by atoms with van der Waals surface area (Å²) in [5, 5.41) is 3.26. The molecule has 1 atom stereocenters. The molecule has 0 radical (unpaired) electrons. The molecule has 0 amide bonds. The van der Waals surface area contributed by atoms with Gasteiger partial charge in [0.05, 0.1) is 14.2 Å². The number of ether oxygens (including phenoxy) is 2. The Morgan fingerprint density at radius 3 is 2.37 bits per heavy atom. The third kappa shape index (κ3) is 5.41. The first kappa shape index (κ1) is 21.1. The number of hydrogen-bond acceptors (Lipinski definition) is 4. The van der Waals surface area contributed by atoms with Gasteiger partial charge in [0.25, 0.3) is 0 Å². The zero-order valence-corrected chi connectivity index (χ0v) is 16.1. The van der Waals surface area contributed by atoms with Crippen LogP contribution in [0.4, 0.5) is 13.2 Å². The number of guanidine groups is 1. The number of alkyl halides is 3. The summed E-state index contributed by atoms with van der Waals surface area (Å²) in [6.45, 7) is 3.35. The number of methoxy groups -OCH3 is 2. The lowest BCUT2D eigenvalue weighted by Gasteiger charge is -2.39. The summed E-state index contributed by atoms with van der Waals surface area (Å²) in [7, 11) is 4.85. The molecule has 1 fully saturated rings. The summed E-state index contributed by atoms with van der Waals surface area (Å²) in [5.74, 6) is 2.06. The third-order valence-corrected chi connectivity index (χ3v) is 4.78. The minimum atomic E-state index is -4.20. The van der Waals surface area contributed by atoms with Crippen molar-refractivity contribution in [3.8, 4) is 11.5 Å². The van der Waals surface area contributed by atoms with E-state index in [4.69, 9.17) is 9.47 Å². The molecular formula is C18H27F3N4O2. The van der Waals surface area contributed by atoms with E-state index in [-0.39, 0.29) is 0 Å². The molecule has 1 saturated heterocycles. The molecule has 27 heavy (non-hydrogen) atoms. The van der Waals surface area contributed by atoms with Crippen LogP contribution in [0.2, 0.25) is 0 Å². The number of halogens is 3. The first-order valence-electron chi connectivity index (χ1n) is 8.77. The van der Waals surface area contributed by atoms with Crippen molar-refractivity contribution >= 4 is 5.96 Å². The SMILES string of the molecule is CN=C(NCc1ccc(OC)cc1OC)N1CCN(C(C)C(F)(F)F)CC1. The van der Waals surface area contributed by atoms with Gasteiger partial charge in [-0.2, -0.15) is 13.2 Å². The molecular weight excluding hydrogens is 361 g/mol. The molecule has 0 saturated carbocycles. The van der Waals surface area contributed by atoms with Crippen molar-refractivity contribution < 1.29 is 22.6 Å². The minimum absolute atomic E-state index is 0.341. The van der Waals surface area contributed by atoms with E-state index in [0.29, 0.717) is 50.2 Å². The Labute approximate surface area is 157 Å². The molecule has 152 valence electrons. The van der Waals surface area contributed by atoms with E-state index in [2.05, 4.69) is 10.3 Å². The predicted molar refractivity (Wildman–Crippen MR) is 98.4 cm³/mol. The number of rotatable bonds is 5. The van der Waals surface area contributed by atoms with Crippen LogP contribution in [0.1, 0.15) is 12.5 Å². The Balaban J connectivity index is 1.94. The fourth-order valence-electron chi connectivity index (χ4n) is 3.03. The first-order chi connectivity index (χ1) is 12.8. The van der Waals surface area contributed by atoms with Crippen LogP contribution in [-0.4, -0.2) is 75.4 Å². The molecule has 9 heteroatoms. The maximum Gasteiger partial charge on any atom is 0.403 e. The second kappa shape index (κ2) is 9.16. The Kier molecular flexibility index (Phi) is 7.18. The van der Waals surface area contributed by atoms with Crippen molar-refractivity contribution in [2.24, 2.45) is 4.99 Å². The van der Waals surface area contributed by atoms with E-state index >= 15 is 0 Å². The highest BCUT2D eigenvalue weighted by atomic mass is 19.4. The van der Waals surface area contributed by atoms with Crippen LogP contribution >= 0.6 is 0 Å². The van der Waals surface area contributed by atoms with Gasteiger partial charge in [0.2, 0.25) is 0 Å². The fraction of sp³-hybridized carbons (Fsp3) is 0.611. The molecule has 1 aromatic rings. The van der Waals surface area contributed by atoms with E-state index < -0.39 is 12.2 Å². The van der Waals surface area contributed by atoms with Crippen molar-refractivity contribution in [3.05, 3.63) is 23.8 Å². The Bertz CT molecular complexity index is 644. The van der Waals surface area contributed by atoms with E-state index in [1.54, 1.807) is 27.3 Å². The molecule has 1 aliphatic rings. The lowest BCUT2D eigenvalue weighted by atomic mass is 10.2. The largest absolute Gasteiger partial charge is 0.497 e. The van der Waals surface area contributed by atoms with Crippen LogP contribution in [0, 0.1) is 0 Å². The lowest BCUT2D eigenvalue weighted by Crippen LogP contribution is -2.56. The van der Waals surface area contributed by atoms with Gasteiger partial charge in [-0.15, -0.1) is 0 Å². The minimum Gasteiger partial charge on any atom is -0.497 e. The van der Waals surface area contributed by atoms with Crippen molar-refractivity contribution in [2.45, 2.75) is 25.7 Å². The maximum atomic E-state index is 12.9. The number of piperazine rings is 1. The summed E-state index contributed by atoms with van der Waals surface area (Å²) >= 11 is 0. The van der Waals surface area contributed by atoms with Crippen LogP contribution in [-0.2, 0) is 6.54 Å². The topological polar surface area (TPSA) is 49.3 Å². The van der Waals surface area contributed by atoms with Crippen molar-refractivity contribution in [1.29, 1.82) is 0 Å².